The molecule has 0 amide bonds. The Bertz CT molecular complexity index is 591. The van der Waals surface area contributed by atoms with Crippen LogP contribution in [0.15, 0.2) is 36.7 Å². The minimum atomic E-state index is -0.266. The number of aryl methyl sites for hydroxylation is 1. The molecule has 0 spiro atoms. The highest BCUT2D eigenvalue weighted by Gasteiger charge is 2.20. The SMILES string of the molecule is Cc1ccc(CNC2CC2)cc1-c1ccncc1F. The number of rotatable bonds is 4. The van der Waals surface area contributed by atoms with Gasteiger partial charge in [0, 0.05) is 24.3 Å². The molecule has 0 aliphatic heterocycles. The van der Waals surface area contributed by atoms with E-state index in [0.717, 1.165) is 17.7 Å². The van der Waals surface area contributed by atoms with Crippen LogP contribution in [-0.2, 0) is 6.54 Å². The van der Waals surface area contributed by atoms with Gasteiger partial charge in [0.05, 0.1) is 6.20 Å². The van der Waals surface area contributed by atoms with Crippen molar-refractivity contribution in [2.24, 2.45) is 0 Å². The molecule has 0 unspecified atom stereocenters. The molecule has 19 heavy (non-hydrogen) atoms. The molecule has 2 nitrogen and oxygen atoms in total. The molecule has 0 bridgehead atoms. The summed E-state index contributed by atoms with van der Waals surface area (Å²) in [4.78, 5) is 3.80. The maximum absolute atomic E-state index is 13.8. The molecule has 1 aromatic heterocycles. The van der Waals surface area contributed by atoms with Crippen LogP contribution in [0.4, 0.5) is 4.39 Å². The quantitative estimate of drug-likeness (QED) is 0.906. The van der Waals surface area contributed by atoms with E-state index in [2.05, 4.69) is 28.5 Å². The molecule has 1 fully saturated rings. The number of pyridine rings is 1. The van der Waals surface area contributed by atoms with E-state index in [0.29, 0.717) is 11.6 Å². The van der Waals surface area contributed by atoms with E-state index in [1.165, 1.54) is 24.6 Å². The zero-order chi connectivity index (χ0) is 13.2. The summed E-state index contributed by atoms with van der Waals surface area (Å²) in [5.74, 6) is -0.266. The molecule has 1 saturated carbocycles. The molecular formula is C16H17FN2. The Morgan fingerprint density at radius 2 is 2.11 bits per heavy atom. The summed E-state index contributed by atoms with van der Waals surface area (Å²) < 4.78 is 13.8. The van der Waals surface area contributed by atoms with Gasteiger partial charge in [0.25, 0.3) is 0 Å². The molecule has 3 rings (SSSR count). The fraction of sp³-hybridized carbons (Fsp3) is 0.312. The molecule has 0 saturated heterocycles. The highest BCUT2D eigenvalue weighted by atomic mass is 19.1. The van der Waals surface area contributed by atoms with Crippen LogP contribution in [-0.4, -0.2) is 11.0 Å². The first-order chi connectivity index (χ1) is 9.24. The summed E-state index contributed by atoms with van der Waals surface area (Å²) in [6.07, 6.45) is 5.45. The number of benzene rings is 1. The summed E-state index contributed by atoms with van der Waals surface area (Å²) in [6.45, 7) is 2.86. The molecule has 1 heterocycles. The molecule has 0 radical (unpaired) electrons. The zero-order valence-corrected chi connectivity index (χ0v) is 11.0. The predicted molar refractivity (Wildman–Crippen MR) is 74.2 cm³/mol. The summed E-state index contributed by atoms with van der Waals surface area (Å²) >= 11 is 0. The maximum Gasteiger partial charge on any atom is 0.149 e. The van der Waals surface area contributed by atoms with Gasteiger partial charge in [-0.05, 0) is 48.6 Å². The van der Waals surface area contributed by atoms with Gasteiger partial charge in [-0.1, -0.05) is 12.1 Å². The van der Waals surface area contributed by atoms with Gasteiger partial charge in [-0.15, -0.1) is 0 Å². The van der Waals surface area contributed by atoms with Crippen molar-refractivity contribution in [1.82, 2.24) is 10.3 Å². The Morgan fingerprint density at radius 3 is 2.84 bits per heavy atom. The smallest absolute Gasteiger partial charge is 0.149 e. The van der Waals surface area contributed by atoms with Gasteiger partial charge < -0.3 is 5.32 Å². The third kappa shape index (κ3) is 2.82. The minimum absolute atomic E-state index is 0.266. The number of aromatic nitrogens is 1. The Morgan fingerprint density at radius 1 is 1.26 bits per heavy atom. The average molecular weight is 256 g/mol. The van der Waals surface area contributed by atoms with E-state index in [9.17, 15) is 4.39 Å². The Hall–Kier alpha value is -1.74. The van der Waals surface area contributed by atoms with E-state index in [1.54, 1.807) is 12.3 Å². The third-order valence-corrected chi connectivity index (χ3v) is 3.54. The molecule has 1 aliphatic rings. The topological polar surface area (TPSA) is 24.9 Å². The van der Waals surface area contributed by atoms with Gasteiger partial charge in [0.1, 0.15) is 5.82 Å². The van der Waals surface area contributed by atoms with Gasteiger partial charge in [-0.25, -0.2) is 4.39 Å². The van der Waals surface area contributed by atoms with E-state index in [-0.39, 0.29) is 5.82 Å². The standard InChI is InChI=1S/C16H17FN2/c1-11-2-3-12(9-19-13-4-5-13)8-15(11)14-6-7-18-10-16(14)17/h2-3,6-8,10,13,19H,4-5,9H2,1H3. The van der Waals surface area contributed by atoms with Crippen LogP contribution in [0, 0.1) is 12.7 Å². The highest BCUT2D eigenvalue weighted by molar-refractivity contribution is 5.68. The summed E-state index contributed by atoms with van der Waals surface area (Å²) in [7, 11) is 0. The van der Waals surface area contributed by atoms with Crippen LogP contribution in [0.3, 0.4) is 0 Å². The van der Waals surface area contributed by atoms with Crippen molar-refractivity contribution < 1.29 is 4.39 Å². The number of nitrogens with zero attached hydrogens (tertiary/aromatic N) is 1. The van der Waals surface area contributed by atoms with Crippen LogP contribution in [0.5, 0.6) is 0 Å². The van der Waals surface area contributed by atoms with Crippen LogP contribution in [0.1, 0.15) is 24.0 Å². The fourth-order valence-electron chi connectivity index (χ4n) is 2.21. The number of halogens is 1. The zero-order valence-electron chi connectivity index (χ0n) is 11.0. The molecule has 98 valence electrons. The Balaban J connectivity index is 1.90. The molecule has 2 aromatic rings. The Labute approximate surface area is 112 Å². The van der Waals surface area contributed by atoms with Crippen molar-refractivity contribution in [2.45, 2.75) is 32.4 Å². The van der Waals surface area contributed by atoms with Crippen molar-refractivity contribution in [2.75, 3.05) is 0 Å². The average Bonchev–Trinajstić information content (AvgIpc) is 3.23. The number of hydrogen-bond donors (Lipinski definition) is 1. The fourth-order valence-corrected chi connectivity index (χ4v) is 2.21. The van der Waals surface area contributed by atoms with E-state index < -0.39 is 0 Å². The normalized spacial score (nSPS) is 14.6. The molecule has 0 atom stereocenters. The van der Waals surface area contributed by atoms with E-state index in [1.807, 2.05) is 6.92 Å². The molecule has 3 heteroatoms. The second kappa shape index (κ2) is 5.10. The molecular weight excluding hydrogens is 239 g/mol. The van der Waals surface area contributed by atoms with Crippen molar-refractivity contribution >= 4 is 0 Å². The lowest BCUT2D eigenvalue weighted by Gasteiger charge is -2.10. The van der Waals surface area contributed by atoms with Crippen LogP contribution < -0.4 is 5.32 Å². The summed E-state index contributed by atoms with van der Waals surface area (Å²) in [5, 5.41) is 3.48. The van der Waals surface area contributed by atoms with Crippen molar-refractivity contribution in [1.29, 1.82) is 0 Å². The van der Waals surface area contributed by atoms with Crippen LogP contribution >= 0.6 is 0 Å². The summed E-state index contributed by atoms with van der Waals surface area (Å²) in [6, 6.07) is 8.65. The van der Waals surface area contributed by atoms with Crippen LogP contribution in [0.25, 0.3) is 11.1 Å². The van der Waals surface area contributed by atoms with Crippen LogP contribution in [0.2, 0.25) is 0 Å². The van der Waals surface area contributed by atoms with E-state index >= 15 is 0 Å². The first-order valence-electron chi connectivity index (χ1n) is 6.67. The second-order valence-electron chi connectivity index (χ2n) is 5.16. The second-order valence-corrected chi connectivity index (χ2v) is 5.16. The Kier molecular flexibility index (Phi) is 3.30. The van der Waals surface area contributed by atoms with Gasteiger partial charge in [-0.2, -0.15) is 0 Å². The molecule has 1 aliphatic carbocycles. The third-order valence-electron chi connectivity index (χ3n) is 3.54. The molecule has 1 aromatic carbocycles. The molecule has 1 N–H and O–H groups in total. The summed E-state index contributed by atoms with van der Waals surface area (Å²) in [5.41, 5.74) is 3.86. The first kappa shape index (κ1) is 12.3. The van der Waals surface area contributed by atoms with Gasteiger partial charge >= 0.3 is 0 Å². The minimum Gasteiger partial charge on any atom is -0.310 e. The number of nitrogens with one attached hydrogen (secondary N) is 1. The van der Waals surface area contributed by atoms with Crippen molar-refractivity contribution in [3.05, 3.63) is 53.6 Å². The number of hydrogen-bond acceptors (Lipinski definition) is 2. The van der Waals surface area contributed by atoms with Crippen molar-refractivity contribution in [3.63, 3.8) is 0 Å². The lowest BCUT2D eigenvalue weighted by Crippen LogP contribution is -2.15. The lowest BCUT2D eigenvalue weighted by atomic mass is 9.98. The largest absolute Gasteiger partial charge is 0.310 e. The first-order valence-corrected chi connectivity index (χ1v) is 6.67. The predicted octanol–water partition coefficient (Wildman–Crippen LogP) is 3.45. The van der Waals surface area contributed by atoms with Gasteiger partial charge in [0.2, 0.25) is 0 Å². The van der Waals surface area contributed by atoms with Crippen molar-refractivity contribution in [3.8, 4) is 11.1 Å². The monoisotopic (exact) mass is 256 g/mol. The maximum atomic E-state index is 13.8. The lowest BCUT2D eigenvalue weighted by molar-refractivity contribution is 0.625. The van der Waals surface area contributed by atoms with Gasteiger partial charge in [-0.3, -0.25) is 4.98 Å². The van der Waals surface area contributed by atoms with Gasteiger partial charge in [0.15, 0.2) is 0 Å². The van der Waals surface area contributed by atoms with E-state index in [4.69, 9.17) is 0 Å². The highest BCUT2D eigenvalue weighted by Crippen LogP contribution is 2.27.